The Labute approximate surface area is 165 Å². The van der Waals surface area contributed by atoms with Gasteiger partial charge in [-0.1, -0.05) is 0 Å². The molecule has 0 unspecified atom stereocenters. The number of nitrogens with one attached hydrogen (secondary N) is 1. The van der Waals surface area contributed by atoms with Crippen LogP contribution in [0.4, 0.5) is 4.79 Å². The van der Waals surface area contributed by atoms with Crippen LogP contribution in [0, 0.1) is 6.92 Å². The second-order valence-corrected chi connectivity index (χ2v) is 8.11. The van der Waals surface area contributed by atoms with Crippen LogP contribution in [-0.4, -0.2) is 48.7 Å². The van der Waals surface area contributed by atoms with Crippen LogP contribution in [0.25, 0.3) is 11.0 Å². The summed E-state index contributed by atoms with van der Waals surface area (Å²) in [5, 5.41) is 3.82. The molecule has 1 N–H and O–H groups in total. The van der Waals surface area contributed by atoms with E-state index >= 15 is 0 Å². The van der Waals surface area contributed by atoms with E-state index < -0.39 is 5.60 Å². The second-order valence-electron chi connectivity index (χ2n) is 8.11. The molecule has 0 saturated carbocycles. The van der Waals surface area contributed by atoms with Crippen LogP contribution in [0.3, 0.4) is 0 Å². The van der Waals surface area contributed by atoms with E-state index in [2.05, 4.69) is 5.32 Å². The molecule has 2 heterocycles. The summed E-state index contributed by atoms with van der Waals surface area (Å²) in [7, 11) is 1.59. The van der Waals surface area contributed by atoms with Crippen LogP contribution in [0.2, 0.25) is 0 Å². The van der Waals surface area contributed by atoms with Gasteiger partial charge in [0.1, 0.15) is 22.7 Å². The molecule has 7 nitrogen and oxygen atoms in total. The number of furan rings is 1. The largest absolute Gasteiger partial charge is 0.497 e. The van der Waals surface area contributed by atoms with Gasteiger partial charge in [0.05, 0.1) is 12.7 Å². The van der Waals surface area contributed by atoms with E-state index in [9.17, 15) is 9.59 Å². The van der Waals surface area contributed by atoms with E-state index in [1.54, 1.807) is 31.1 Å². The number of nitrogens with zero attached hydrogens (tertiary/aromatic N) is 1. The Morgan fingerprint density at radius 2 is 1.89 bits per heavy atom. The summed E-state index contributed by atoms with van der Waals surface area (Å²) in [6, 6.07) is 5.42. The van der Waals surface area contributed by atoms with E-state index in [4.69, 9.17) is 13.9 Å². The maximum Gasteiger partial charge on any atom is 0.410 e. The molecule has 1 aliphatic rings. The third-order valence-corrected chi connectivity index (χ3v) is 4.78. The Kier molecular flexibility index (Phi) is 5.54. The Morgan fingerprint density at radius 1 is 1.21 bits per heavy atom. The molecule has 1 saturated heterocycles. The number of fused-ring (bicyclic) bond motifs is 1. The fourth-order valence-corrected chi connectivity index (χ4v) is 3.40. The van der Waals surface area contributed by atoms with Crippen molar-refractivity contribution in [3.05, 3.63) is 29.5 Å². The van der Waals surface area contributed by atoms with Crippen molar-refractivity contribution in [1.82, 2.24) is 10.2 Å². The van der Waals surface area contributed by atoms with E-state index in [1.807, 2.05) is 26.8 Å². The Hall–Kier alpha value is -2.70. The molecule has 1 fully saturated rings. The van der Waals surface area contributed by atoms with Crippen LogP contribution in [-0.2, 0) is 4.74 Å². The smallest absolute Gasteiger partial charge is 0.410 e. The van der Waals surface area contributed by atoms with Gasteiger partial charge in [-0.25, -0.2) is 4.79 Å². The highest BCUT2D eigenvalue weighted by Crippen LogP contribution is 2.29. The predicted octanol–water partition coefficient (Wildman–Crippen LogP) is 3.88. The number of ether oxygens (including phenoxy) is 2. The van der Waals surface area contributed by atoms with Crippen molar-refractivity contribution in [3.8, 4) is 5.75 Å². The van der Waals surface area contributed by atoms with Gasteiger partial charge in [0, 0.05) is 24.5 Å². The number of hydrogen-bond donors (Lipinski definition) is 1. The number of likely N-dealkylation sites (tertiary alicyclic amines) is 1. The van der Waals surface area contributed by atoms with Gasteiger partial charge in [-0.15, -0.1) is 0 Å². The fourth-order valence-electron chi connectivity index (χ4n) is 3.40. The summed E-state index contributed by atoms with van der Waals surface area (Å²) >= 11 is 0. The molecule has 0 radical (unpaired) electrons. The minimum Gasteiger partial charge on any atom is -0.497 e. The normalized spacial score (nSPS) is 15.5. The summed E-state index contributed by atoms with van der Waals surface area (Å²) in [5.41, 5.74) is 0.676. The number of hydrogen-bond acceptors (Lipinski definition) is 5. The highest BCUT2D eigenvalue weighted by atomic mass is 16.6. The van der Waals surface area contributed by atoms with Crippen molar-refractivity contribution in [2.45, 2.75) is 52.2 Å². The van der Waals surface area contributed by atoms with Crippen LogP contribution >= 0.6 is 0 Å². The van der Waals surface area contributed by atoms with Crippen molar-refractivity contribution >= 4 is 23.0 Å². The van der Waals surface area contributed by atoms with Crippen molar-refractivity contribution in [3.63, 3.8) is 0 Å². The first kappa shape index (κ1) is 20.0. The first-order valence-electron chi connectivity index (χ1n) is 9.54. The molecule has 0 spiro atoms. The standard InChI is InChI=1S/C21H28N2O5/c1-13-18(16-12-15(26-5)6-7-17(16)27-13)19(24)22-14-8-10-23(11-9-14)20(25)28-21(2,3)4/h6-7,12,14H,8-11H2,1-5H3,(H,22,24). The van der Waals surface area contributed by atoms with Gasteiger partial charge in [-0.3, -0.25) is 4.79 Å². The molecule has 1 aromatic heterocycles. The molecule has 0 atom stereocenters. The van der Waals surface area contributed by atoms with Crippen molar-refractivity contribution in [1.29, 1.82) is 0 Å². The average molecular weight is 388 g/mol. The molecule has 1 aromatic carbocycles. The lowest BCUT2D eigenvalue weighted by molar-refractivity contribution is 0.0199. The topological polar surface area (TPSA) is 81.0 Å². The number of carbonyl (C=O) groups excluding carboxylic acids is 2. The fraction of sp³-hybridized carbons (Fsp3) is 0.524. The third kappa shape index (κ3) is 4.40. The molecular weight excluding hydrogens is 360 g/mol. The molecule has 2 amide bonds. The first-order chi connectivity index (χ1) is 13.2. The van der Waals surface area contributed by atoms with Crippen molar-refractivity contribution in [2.75, 3.05) is 20.2 Å². The zero-order chi connectivity index (χ0) is 20.5. The molecule has 2 aromatic rings. The summed E-state index contributed by atoms with van der Waals surface area (Å²) in [5.74, 6) is 1.08. The second kappa shape index (κ2) is 7.73. The predicted molar refractivity (Wildman–Crippen MR) is 106 cm³/mol. The monoisotopic (exact) mass is 388 g/mol. The van der Waals surface area contributed by atoms with E-state index in [1.165, 1.54) is 0 Å². The highest BCUT2D eigenvalue weighted by molar-refractivity contribution is 6.07. The zero-order valence-corrected chi connectivity index (χ0v) is 17.1. The lowest BCUT2D eigenvalue weighted by Crippen LogP contribution is -2.47. The molecule has 1 aliphatic heterocycles. The molecule has 152 valence electrons. The van der Waals surface area contributed by atoms with E-state index in [0.717, 1.165) is 5.39 Å². The lowest BCUT2D eigenvalue weighted by atomic mass is 10.0. The molecule has 0 aliphatic carbocycles. The van der Waals surface area contributed by atoms with Crippen LogP contribution in [0.15, 0.2) is 22.6 Å². The maximum absolute atomic E-state index is 12.9. The zero-order valence-electron chi connectivity index (χ0n) is 17.1. The van der Waals surface area contributed by atoms with Crippen LogP contribution < -0.4 is 10.1 Å². The van der Waals surface area contributed by atoms with Gasteiger partial charge >= 0.3 is 6.09 Å². The molecule has 0 bridgehead atoms. The van der Waals surface area contributed by atoms with Gasteiger partial charge in [0.15, 0.2) is 0 Å². The van der Waals surface area contributed by atoms with E-state index in [0.29, 0.717) is 48.6 Å². The summed E-state index contributed by atoms with van der Waals surface area (Å²) in [6.07, 6.45) is 1.06. The van der Waals surface area contributed by atoms with E-state index in [-0.39, 0.29) is 18.0 Å². The number of carbonyl (C=O) groups is 2. The number of methoxy groups -OCH3 is 1. The summed E-state index contributed by atoms with van der Waals surface area (Å²) < 4.78 is 16.4. The summed E-state index contributed by atoms with van der Waals surface area (Å²) in [4.78, 5) is 26.8. The van der Waals surface area contributed by atoms with Gasteiger partial charge in [-0.2, -0.15) is 0 Å². The third-order valence-electron chi connectivity index (χ3n) is 4.78. The number of rotatable bonds is 3. The minimum atomic E-state index is -0.511. The van der Waals surface area contributed by atoms with Gasteiger partial charge in [0.2, 0.25) is 0 Å². The first-order valence-corrected chi connectivity index (χ1v) is 9.54. The summed E-state index contributed by atoms with van der Waals surface area (Å²) in [6.45, 7) is 8.45. The molecule has 3 rings (SSSR count). The minimum absolute atomic E-state index is 0.00106. The lowest BCUT2D eigenvalue weighted by Gasteiger charge is -2.33. The number of piperidine rings is 1. The molecule has 7 heteroatoms. The molecule has 28 heavy (non-hydrogen) atoms. The Balaban J connectivity index is 1.64. The number of aryl methyl sites for hydroxylation is 1. The van der Waals surface area contributed by atoms with Gasteiger partial charge in [0.25, 0.3) is 5.91 Å². The maximum atomic E-state index is 12.9. The number of benzene rings is 1. The van der Waals surface area contributed by atoms with Crippen LogP contribution in [0.5, 0.6) is 5.75 Å². The van der Waals surface area contributed by atoms with Gasteiger partial charge < -0.3 is 24.1 Å². The van der Waals surface area contributed by atoms with Crippen LogP contribution in [0.1, 0.15) is 49.7 Å². The average Bonchev–Trinajstić information content (AvgIpc) is 2.95. The Bertz CT molecular complexity index is 873. The SMILES string of the molecule is COc1ccc2oc(C)c(C(=O)NC3CCN(C(=O)OC(C)(C)C)CC3)c2c1. The molecular formula is C21H28N2O5. The van der Waals surface area contributed by atoms with Crippen molar-refractivity contribution < 1.29 is 23.5 Å². The van der Waals surface area contributed by atoms with Gasteiger partial charge in [-0.05, 0) is 58.7 Å². The quantitative estimate of drug-likeness (QED) is 0.863. The van der Waals surface area contributed by atoms with Crippen molar-refractivity contribution in [2.24, 2.45) is 0 Å². The number of amides is 2. The Morgan fingerprint density at radius 3 is 2.50 bits per heavy atom. The highest BCUT2D eigenvalue weighted by Gasteiger charge is 2.28.